The molecule has 0 amide bonds. The van der Waals surface area contributed by atoms with Crippen LogP contribution in [0.1, 0.15) is 50.2 Å². The Hall–Kier alpha value is -2.69. The summed E-state index contributed by atoms with van der Waals surface area (Å²) < 4.78 is 22.1. The molecule has 1 aliphatic rings. The summed E-state index contributed by atoms with van der Waals surface area (Å²) in [5, 5.41) is 0. The van der Waals surface area contributed by atoms with Gasteiger partial charge in [0.1, 0.15) is 17.2 Å². The number of fused-ring (bicyclic) bond motifs is 1. The summed E-state index contributed by atoms with van der Waals surface area (Å²) in [6.45, 7) is 6.10. The molecule has 29 heavy (non-hydrogen) atoms. The molecule has 1 atom stereocenters. The highest BCUT2D eigenvalue weighted by Crippen LogP contribution is 2.37. The zero-order valence-electron chi connectivity index (χ0n) is 17.3. The van der Waals surface area contributed by atoms with Gasteiger partial charge in [0.25, 0.3) is 0 Å². The Morgan fingerprint density at radius 1 is 0.897 bits per heavy atom. The number of rotatable bonds is 11. The minimum atomic E-state index is -0.113. The van der Waals surface area contributed by atoms with Gasteiger partial charge < -0.3 is 18.9 Å². The Balaban J connectivity index is 1.40. The van der Waals surface area contributed by atoms with E-state index in [-0.39, 0.29) is 11.9 Å². The van der Waals surface area contributed by atoms with Crippen LogP contribution < -0.4 is 14.2 Å². The van der Waals surface area contributed by atoms with E-state index in [1.54, 1.807) is 0 Å². The molecule has 2 aromatic carbocycles. The van der Waals surface area contributed by atoms with Crippen molar-refractivity contribution in [2.24, 2.45) is 0 Å². The van der Waals surface area contributed by atoms with E-state index < -0.39 is 0 Å². The first-order valence-electron chi connectivity index (χ1n) is 10.5. The molecule has 5 nitrogen and oxygen atoms in total. The highest BCUT2D eigenvalue weighted by atomic mass is 16.5. The quantitative estimate of drug-likeness (QED) is 0.397. The monoisotopic (exact) mass is 398 g/mol. The zero-order valence-corrected chi connectivity index (χ0v) is 17.3. The molecule has 156 valence electrons. The number of aryl methyl sites for hydroxylation is 1. The summed E-state index contributed by atoms with van der Waals surface area (Å²) in [6, 6.07) is 13.9. The second kappa shape index (κ2) is 10.7. The number of hydrogen-bond acceptors (Lipinski definition) is 5. The summed E-state index contributed by atoms with van der Waals surface area (Å²) in [7, 11) is 0. The number of carbonyl (C=O) groups excluding carboxylic acids is 1. The zero-order chi connectivity index (χ0) is 20.5. The maximum absolute atomic E-state index is 11.8. The van der Waals surface area contributed by atoms with E-state index in [4.69, 9.17) is 18.9 Å². The van der Waals surface area contributed by atoms with E-state index in [0.717, 1.165) is 36.5 Å². The third-order valence-corrected chi connectivity index (χ3v) is 5.00. The first kappa shape index (κ1) is 21.0. The minimum absolute atomic E-state index is 0.113. The number of hydrogen-bond donors (Lipinski definition) is 0. The standard InChI is InChI=1S/C24H30O5/c1-3-26-20-8-10-21(11-9-20)28-14-5-15-29-22-12-13-23-18(16-22)6-7-19(23)17-24(25)27-4-2/h8-13,16,19H,3-7,14-15,17H2,1-2H3/t19-/m0/s1. The van der Waals surface area contributed by atoms with Crippen LogP contribution in [-0.2, 0) is 16.0 Å². The van der Waals surface area contributed by atoms with Gasteiger partial charge in [-0.15, -0.1) is 0 Å². The molecule has 0 aliphatic heterocycles. The Kier molecular flexibility index (Phi) is 7.79. The molecule has 0 spiro atoms. The van der Waals surface area contributed by atoms with Crippen LogP contribution in [0.15, 0.2) is 42.5 Å². The van der Waals surface area contributed by atoms with Gasteiger partial charge in [0.15, 0.2) is 0 Å². The molecule has 5 heteroatoms. The molecule has 0 aromatic heterocycles. The maximum Gasteiger partial charge on any atom is 0.306 e. The predicted octanol–water partition coefficient (Wildman–Crippen LogP) is 4.92. The molecule has 0 N–H and O–H groups in total. The number of esters is 1. The lowest BCUT2D eigenvalue weighted by atomic mass is 9.98. The van der Waals surface area contributed by atoms with Crippen LogP contribution in [0.4, 0.5) is 0 Å². The van der Waals surface area contributed by atoms with Crippen molar-refractivity contribution < 1.29 is 23.7 Å². The molecular weight excluding hydrogens is 368 g/mol. The fourth-order valence-electron chi connectivity index (χ4n) is 3.64. The molecule has 0 heterocycles. The average molecular weight is 398 g/mol. The molecule has 0 radical (unpaired) electrons. The maximum atomic E-state index is 11.8. The second-order valence-electron chi connectivity index (χ2n) is 7.06. The third kappa shape index (κ3) is 6.14. The molecule has 0 bridgehead atoms. The lowest BCUT2D eigenvalue weighted by Crippen LogP contribution is -2.08. The highest BCUT2D eigenvalue weighted by molar-refractivity contribution is 5.71. The minimum Gasteiger partial charge on any atom is -0.494 e. The van der Waals surface area contributed by atoms with Crippen LogP contribution in [-0.4, -0.2) is 32.4 Å². The van der Waals surface area contributed by atoms with Crippen LogP contribution in [0.5, 0.6) is 17.2 Å². The fraction of sp³-hybridized carbons (Fsp3) is 0.458. The fourth-order valence-corrected chi connectivity index (χ4v) is 3.64. The van der Waals surface area contributed by atoms with Crippen LogP contribution in [0.25, 0.3) is 0 Å². The van der Waals surface area contributed by atoms with Gasteiger partial charge in [-0.3, -0.25) is 4.79 Å². The van der Waals surface area contributed by atoms with Crippen molar-refractivity contribution in [1.82, 2.24) is 0 Å². The van der Waals surface area contributed by atoms with Crippen LogP contribution >= 0.6 is 0 Å². The lowest BCUT2D eigenvalue weighted by molar-refractivity contribution is -0.143. The molecule has 1 aliphatic carbocycles. The Bertz CT molecular complexity index is 784. The normalized spacial score (nSPS) is 14.9. The van der Waals surface area contributed by atoms with Crippen molar-refractivity contribution >= 4 is 5.97 Å². The van der Waals surface area contributed by atoms with Gasteiger partial charge in [-0.25, -0.2) is 0 Å². The number of benzene rings is 2. The SMILES string of the molecule is CCOC(=O)C[C@@H]1CCc2cc(OCCCOc3ccc(OCC)cc3)ccc21. The van der Waals surface area contributed by atoms with Crippen LogP contribution in [0, 0.1) is 0 Å². The Labute approximate surface area is 172 Å². The summed E-state index contributed by atoms with van der Waals surface area (Å²) in [6.07, 6.45) is 3.24. The van der Waals surface area contributed by atoms with Crippen molar-refractivity contribution in [2.75, 3.05) is 26.4 Å². The van der Waals surface area contributed by atoms with Gasteiger partial charge in [0.2, 0.25) is 0 Å². The number of carbonyl (C=O) groups is 1. The summed E-state index contributed by atoms with van der Waals surface area (Å²) in [5.74, 6) is 2.71. The molecular formula is C24H30O5. The Morgan fingerprint density at radius 2 is 1.55 bits per heavy atom. The van der Waals surface area contributed by atoms with Gasteiger partial charge in [-0.1, -0.05) is 6.07 Å². The van der Waals surface area contributed by atoms with E-state index in [2.05, 4.69) is 12.1 Å². The first-order chi connectivity index (χ1) is 14.2. The molecule has 0 saturated heterocycles. The van der Waals surface area contributed by atoms with Crippen molar-refractivity contribution in [3.8, 4) is 17.2 Å². The summed E-state index contributed by atoms with van der Waals surface area (Å²) in [5.41, 5.74) is 2.53. The molecule has 2 aromatic rings. The van der Waals surface area contributed by atoms with E-state index in [9.17, 15) is 4.79 Å². The Morgan fingerprint density at radius 3 is 2.24 bits per heavy atom. The average Bonchev–Trinajstić information content (AvgIpc) is 3.11. The van der Waals surface area contributed by atoms with E-state index >= 15 is 0 Å². The van der Waals surface area contributed by atoms with Gasteiger partial charge in [0.05, 0.1) is 32.8 Å². The van der Waals surface area contributed by atoms with Crippen LogP contribution in [0.2, 0.25) is 0 Å². The van der Waals surface area contributed by atoms with Crippen molar-refractivity contribution in [3.05, 3.63) is 53.6 Å². The summed E-state index contributed by atoms with van der Waals surface area (Å²) in [4.78, 5) is 11.8. The number of ether oxygens (including phenoxy) is 4. The van der Waals surface area contributed by atoms with E-state index in [1.807, 2.05) is 44.2 Å². The largest absolute Gasteiger partial charge is 0.494 e. The van der Waals surface area contributed by atoms with E-state index in [0.29, 0.717) is 32.8 Å². The van der Waals surface area contributed by atoms with Gasteiger partial charge in [-0.2, -0.15) is 0 Å². The predicted molar refractivity (Wildman–Crippen MR) is 112 cm³/mol. The molecule has 3 rings (SSSR count). The van der Waals surface area contributed by atoms with Gasteiger partial charge >= 0.3 is 5.97 Å². The van der Waals surface area contributed by atoms with Crippen molar-refractivity contribution in [2.45, 2.75) is 45.4 Å². The molecule has 0 fully saturated rings. The smallest absolute Gasteiger partial charge is 0.306 e. The third-order valence-electron chi connectivity index (χ3n) is 5.00. The topological polar surface area (TPSA) is 54.0 Å². The van der Waals surface area contributed by atoms with Gasteiger partial charge in [-0.05, 0) is 80.1 Å². The molecule has 0 unspecified atom stereocenters. The van der Waals surface area contributed by atoms with Crippen molar-refractivity contribution in [3.63, 3.8) is 0 Å². The lowest BCUT2D eigenvalue weighted by Gasteiger charge is -2.12. The van der Waals surface area contributed by atoms with E-state index in [1.165, 1.54) is 11.1 Å². The van der Waals surface area contributed by atoms with Crippen LogP contribution in [0.3, 0.4) is 0 Å². The van der Waals surface area contributed by atoms with Crippen molar-refractivity contribution in [1.29, 1.82) is 0 Å². The summed E-state index contributed by atoms with van der Waals surface area (Å²) >= 11 is 0. The highest BCUT2D eigenvalue weighted by Gasteiger charge is 2.25. The second-order valence-corrected chi connectivity index (χ2v) is 7.06. The van der Waals surface area contributed by atoms with Gasteiger partial charge in [0, 0.05) is 6.42 Å². The first-order valence-corrected chi connectivity index (χ1v) is 10.5. The molecule has 0 saturated carbocycles.